The van der Waals surface area contributed by atoms with Crippen LogP contribution in [0.4, 0.5) is 13.2 Å². The summed E-state index contributed by atoms with van der Waals surface area (Å²) in [5, 5.41) is 0. The Morgan fingerprint density at radius 3 is 1.94 bits per heavy atom. The van der Waals surface area contributed by atoms with Gasteiger partial charge in [0.25, 0.3) is 6.08 Å². The SMILES string of the molecule is FC(F)=C(c1ccccc1)c1ccccc1F. The summed E-state index contributed by atoms with van der Waals surface area (Å²) in [6.45, 7) is 0. The Hall–Kier alpha value is -2.03. The molecule has 0 saturated heterocycles. The monoisotopic (exact) mass is 234 g/mol. The molecule has 0 N–H and O–H groups in total. The number of rotatable bonds is 2. The molecule has 0 aliphatic heterocycles. The molecule has 0 atom stereocenters. The van der Waals surface area contributed by atoms with E-state index in [1.54, 1.807) is 18.2 Å². The fourth-order valence-corrected chi connectivity index (χ4v) is 1.64. The van der Waals surface area contributed by atoms with E-state index in [9.17, 15) is 13.2 Å². The van der Waals surface area contributed by atoms with E-state index in [2.05, 4.69) is 0 Å². The van der Waals surface area contributed by atoms with Crippen LogP contribution in [0.25, 0.3) is 5.57 Å². The molecule has 0 unspecified atom stereocenters. The third kappa shape index (κ3) is 2.38. The summed E-state index contributed by atoms with van der Waals surface area (Å²) in [4.78, 5) is 0. The Labute approximate surface area is 97.0 Å². The maximum atomic E-state index is 13.5. The van der Waals surface area contributed by atoms with Gasteiger partial charge in [0.1, 0.15) is 5.82 Å². The van der Waals surface area contributed by atoms with E-state index in [1.807, 2.05) is 0 Å². The average Bonchev–Trinajstić information content (AvgIpc) is 2.33. The molecule has 0 aromatic heterocycles. The number of benzene rings is 2. The lowest BCUT2D eigenvalue weighted by molar-refractivity contribution is 0.425. The van der Waals surface area contributed by atoms with E-state index in [0.717, 1.165) is 0 Å². The Morgan fingerprint density at radius 2 is 1.35 bits per heavy atom. The van der Waals surface area contributed by atoms with Gasteiger partial charge in [-0.1, -0.05) is 48.5 Å². The smallest absolute Gasteiger partial charge is 0.206 e. The van der Waals surface area contributed by atoms with Crippen LogP contribution in [0.3, 0.4) is 0 Å². The minimum atomic E-state index is -1.89. The van der Waals surface area contributed by atoms with Gasteiger partial charge in [0.15, 0.2) is 0 Å². The molecule has 0 nitrogen and oxygen atoms in total. The fourth-order valence-electron chi connectivity index (χ4n) is 1.64. The molecule has 0 aliphatic rings. The minimum Gasteiger partial charge on any atom is -0.206 e. The van der Waals surface area contributed by atoms with Crippen molar-refractivity contribution in [3.05, 3.63) is 77.6 Å². The average molecular weight is 234 g/mol. The minimum absolute atomic E-state index is 0.0845. The molecule has 0 bridgehead atoms. The molecule has 0 fully saturated rings. The summed E-state index contributed by atoms with van der Waals surface area (Å²) in [5.41, 5.74) is -0.139. The lowest BCUT2D eigenvalue weighted by atomic mass is 9.99. The Kier molecular flexibility index (Phi) is 3.28. The highest BCUT2D eigenvalue weighted by Crippen LogP contribution is 2.29. The van der Waals surface area contributed by atoms with E-state index >= 15 is 0 Å². The van der Waals surface area contributed by atoms with Crippen molar-refractivity contribution in [3.63, 3.8) is 0 Å². The van der Waals surface area contributed by atoms with Crippen molar-refractivity contribution < 1.29 is 13.2 Å². The van der Waals surface area contributed by atoms with Crippen LogP contribution in [0.2, 0.25) is 0 Å². The lowest BCUT2D eigenvalue weighted by Crippen LogP contribution is -1.93. The van der Waals surface area contributed by atoms with Gasteiger partial charge >= 0.3 is 0 Å². The first-order chi connectivity index (χ1) is 8.20. The third-order valence-corrected chi connectivity index (χ3v) is 2.39. The predicted molar refractivity (Wildman–Crippen MR) is 61.1 cm³/mol. The molecular formula is C14H9F3. The summed E-state index contributed by atoms with van der Waals surface area (Å²) >= 11 is 0. The molecule has 0 radical (unpaired) electrons. The largest absolute Gasteiger partial charge is 0.278 e. The predicted octanol–water partition coefficient (Wildman–Crippen LogP) is 4.48. The summed E-state index contributed by atoms with van der Waals surface area (Å²) in [6.07, 6.45) is -1.89. The van der Waals surface area contributed by atoms with Crippen LogP contribution in [0, 0.1) is 5.82 Å². The molecule has 2 rings (SSSR count). The van der Waals surface area contributed by atoms with Crippen LogP contribution in [0.15, 0.2) is 60.7 Å². The number of hydrogen-bond donors (Lipinski definition) is 0. The van der Waals surface area contributed by atoms with Crippen LogP contribution in [-0.2, 0) is 0 Å². The van der Waals surface area contributed by atoms with Crippen LogP contribution < -0.4 is 0 Å². The molecule has 3 heteroatoms. The van der Waals surface area contributed by atoms with Gasteiger partial charge in [-0.3, -0.25) is 0 Å². The van der Waals surface area contributed by atoms with Gasteiger partial charge in [-0.25, -0.2) is 4.39 Å². The second kappa shape index (κ2) is 4.87. The topological polar surface area (TPSA) is 0 Å². The molecule has 2 aromatic carbocycles. The lowest BCUT2D eigenvalue weighted by Gasteiger charge is -2.07. The molecule has 17 heavy (non-hydrogen) atoms. The fraction of sp³-hybridized carbons (Fsp3) is 0. The first kappa shape index (κ1) is 11.5. The van der Waals surface area contributed by atoms with Crippen molar-refractivity contribution in [1.82, 2.24) is 0 Å². The van der Waals surface area contributed by atoms with E-state index in [1.165, 1.54) is 36.4 Å². The molecule has 0 amide bonds. The molecule has 2 aromatic rings. The van der Waals surface area contributed by atoms with Crippen molar-refractivity contribution in [2.75, 3.05) is 0 Å². The van der Waals surface area contributed by atoms with Gasteiger partial charge in [-0.05, 0) is 11.6 Å². The summed E-state index contributed by atoms with van der Waals surface area (Å²) in [7, 11) is 0. The molecule has 0 aliphatic carbocycles. The normalized spacial score (nSPS) is 10.1. The van der Waals surface area contributed by atoms with Crippen molar-refractivity contribution in [1.29, 1.82) is 0 Å². The zero-order valence-electron chi connectivity index (χ0n) is 8.83. The zero-order chi connectivity index (χ0) is 12.3. The highest BCUT2D eigenvalue weighted by molar-refractivity contribution is 5.80. The summed E-state index contributed by atoms with van der Waals surface area (Å²) in [5.74, 6) is -0.654. The Bertz CT molecular complexity index is 540. The van der Waals surface area contributed by atoms with Crippen molar-refractivity contribution >= 4 is 5.57 Å². The van der Waals surface area contributed by atoms with Crippen LogP contribution in [0.1, 0.15) is 11.1 Å². The first-order valence-electron chi connectivity index (χ1n) is 5.05. The number of hydrogen-bond acceptors (Lipinski definition) is 0. The van der Waals surface area contributed by atoms with Crippen molar-refractivity contribution in [2.45, 2.75) is 0 Å². The highest BCUT2D eigenvalue weighted by Gasteiger charge is 2.15. The third-order valence-electron chi connectivity index (χ3n) is 2.39. The maximum Gasteiger partial charge on any atom is 0.278 e. The van der Waals surface area contributed by atoms with E-state index in [0.29, 0.717) is 5.56 Å². The van der Waals surface area contributed by atoms with E-state index < -0.39 is 11.9 Å². The second-order valence-electron chi connectivity index (χ2n) is 3.48. The Morgan fingerprint density at radius 1 is 0.765 bits per heavy atom. The molecule has 0 spiro atoms. The first-order valence-corrected chi connectivity index (χ1v) is 5.05. The van der Waals surface area contributed by atoms with Crippen molar-refractivity contribution in [2.24, 2.45) is 0 Å². The molecule has 86 valence electrons. The van der Waals surface area contributed by atoms with E-state index in [4.69, 9.17) is 0 Å². The van der Waals surface area contributed by atoms with Gasteiger partial charge in [0, 0.05) is 5.56 Å². The summed E-state index contributed by atoms with van der Waals surface area (Å²) < 4.78 is 39.4. The maximum absolute atomic E-state index is 13.5. The molecule has 0 heterocycles. The van der Waals surface area contributed by atoms with Crippen LogP contribution in [-0.4, -0.2) is 0 Å². The van der Waals surface area contributed by atoms with Gasteiger partial charge in [0.05, 0.1) is 5.57 Å². The summed E-state index contributed by atoms with van der Waals surface area (Å²) in [6, 6.07) is 13.6. The van der Waals surface area contributed by atoms with Crippen molar-refractivity contribution in [3.8, 4) is 0 Å². The Balaban J connectivity index is 2.61. The molecule has 0 saturated carbocycles. The molecular weight excluding hydrogens is 225 g/mol. The second-order valence-corrected chi connectivity index (χ2v) is 3.48. The van der Waals surface area contributed by atoms with Gasteiger partial charge < -0.3 is 0 Å². The van der Waals surface area contributed by atoms with Gasteiger partial charge in [-0.15, -0.1) is 0 Å². The van der Waals surface area contributed by atoms with E-state index in [-0.39, 0.29) is 11.1 Å². The zero-order valence-corrected chi connectivity index (χ0v) is 8.83. The number of halogens is 3. The quantitative estimate of drug-likeness (QED) is 0.718. The van der Waals surface area contributed by atoms with Crippen LogP contribution >= 0.6 is 0 Å². The van der Waals surface area contributed by atoms with Gasteiger partial charge in [-0.2, -0.15) is 8.78 Å². The standard InChI is InChI=1S/C14H9F3/c15-12-9-5-4-8-11(12)13(14(16)17)10-6-2-1-3-7-10/h1-9H. The van der Waals surface area contributed by atoms with Gasteiger partial charge in [0.2, 0.25) is 0 Å². The highest BCUT2D eigenvalue weighted by atomic mass is 19.3. The van der Waals surface area contributed by atoms with Crippen LogP contribution in [0.5, 0.6) is 0 Å².